The van der Waals surface area contributed by atoms with Crippen LogP contribution in [0.2, 0.25) is 0 Å². The number of halogens is 1. The number of benzene rings is 1. The molecule has 1 aliphatic heterocycles. The smallest absolute Gasteiger partial charge is 0.243 e. The molecule has 0 atom stereocenters. The Labute approximate surface area is 132 Å². The monoisotopic (exact) mass is 328 g/mol. The minimum Gasteiger partial charge on any atom is -0.317 e. The Morgan fingerprint density at radius 2 is 1.77 bits per heavy atom. The van der Waals surface area contributed by atoms with Gasteiger partial charge in [0.1, 0.15) is 5.82 Å². The minimum atomic E-state index is -3.60. The Hall–Kier alpha value is -0.980. The van der Waals surface area contributed by atoms with Gasteiger partial charge in [0.15, 0.2) is 0 Å². The number of piperidine rings is 1. The van der Waals surface area contributed by atoms with Gasteiger partial charge in [-0.05, 0) is 69.5 Å². The largest absolute Gasteiger partial charge is 0.317 e. The molecular weight excluding hydrogens is 303 g/mol. The third-order valence-corrected chi connectivity index (χ3v) is 6.41. The van der Waals surface area contributed by atoms with E-state index in [1.54, 1.807) is 18.2 Å². The summed E-state index contributed by atoms with van der Waals surface area (Å²) >= 11 is 0. The van der Waals surface area contributed by atoms with E-state index in [0.29, 0.717) is 17.7 Å². The molecule has 22 heavy (non-hydrogen) atoms. The van der Waals surface area contributed by atoms with Gasteiger partial charge < -0.3 is 5.32 Å². The van der Waals surface area contributed by atoms with Crippen LogP contribution in [0.4, 0.5) is 4.39 Å². The summed E-state index contributed by atoms with van der Waals surface area (Å²) in [6, 6.07) is 2.62. The molecule has 1 heterocycles. The maximum atomic E-state index is 13.5. The Bertz CT molecular complexity index is 602. The quantitative estimate of drug-likeness (QED) is 0.904. The third-order valence-electron chi connectivity index (χ3n) is 4.15. The highest BCUT2D eigenvalue weighted by Gasteiger charge is 2.33. The van der Waals surface area contributed by atoms with E-state index >= 15 is 0 Å². The average molecular weight is 328 g/mol. The van der Waals surface area contributed by atoms with Crippen molar-refractivity contribution in [2.75, 3.05) is 19.6 Å². The van der Waals surface area contributed by atoms with Crippen LogP contribution in [-0.2, 0) is 10.0 Å². The molecule has 0 bridgehead atoms. The van der Waals surface area contributed by atoms with Crippen molar-refractivity contribution in [3.8, 4) is 0 Å². The summed E-state index contributed by atoms with van der Waals surface area (Å²) in [6.45, 7) is 7.48. The molecule has 4 nitrogen and oxygen atoms in total. The molecule has 1 aromatic carbocycles. The zero-order valence-electron chi connectivity index (χ0n) is 13.5. The van der Waals surface area contributed by atoms with Crippen LogP contribution in [0, 0.1) is 19.7 Å². The predicted molar refractivity (Wildman–Crippen MR) is 85.9 cm³/mol. The molecule has 6 heteroatoms. The van der Waals surface area contributed by atoms with Crippen LogP contribution < -0.4 is 5.32 Å². The van der Waals surface area contributed by atoms with E-state index in [0.717, 1.165) is 32.4 Å². The molecule has 2 rings (SSSR count). The first-order valence-electron chi connectivity index (χ1n) is 7.87. The van der Waals surface area contributed by atoms with Gasteiger partial charge in [-0.3, -0.25) is 0 Å². The zero-order valence-corrected chi connectivity index (χ0v) is 14.3. The van der Waals surface area contributed by atoms with E-state index < -0.39 is 15.8 Å². The summed E-state index contributed by atoms with van der Waals surface area (Å²) in [4.78, 5) is 0.265. The summed E-state index contributed by atoms with van der Waals surface area (Å²) in [6.07, 6.45) is 2.40. The number of nitrogens with zero attached hydrogens (tertiary/aromatic N) is 1. The van der Waals surface area contributed by atoms with Crippen molar-refractivity contribution in [1.29, 1.82) is 0 Å². The van der Waals surface area contributed by atoms with Crippen LogP contribution in [0.15, 0.2) is 17.0 Å². The van der Waals surface area contributed by atoms with Crippen LogP contribution in [0.25, 0.3) is 0 Å². The molecular formula is C16H25FN2O2S. The molecule has 0 radical (unpaired) electrons. The normalized spacial score (nSPS) is 17.1. The van der Waals surface area contributed by atoms with Gasteiger partial charge in [-0.1, -0.05) is 6.92 Å². The number of nitrogens with one attached hydrogen (secondary N) is 1. The van der Waals surface area contributed by atoms with Crippen molar-refractivity contribution in [3.05, 3.63) is 29.1 Å². The molecule has 0 amide bonds. The van der Waals surface area contributed by atoms with Gasteiger partial charge in [-0.2, -0.15) is 4.31 Å². The predicted octanol–water partition coefficient (Wildman–Crippen LogP) is 2.60. The first kappa shape index (κ1) is 17.4. The van der Waals surface area contributed by atoms with Crippen LogP contribution in [-0.4, -0.2) is 38.4 Å². The van der Waals surface area contributed by atoms with E-state index in [1.165, 1.54) is 12.1 Å². The Morgan fingerprint density at radius 1 is 1.23 bits per heavy atom. The average Bonchev–Trinajstić information content (AvgIpc) is 2.44. The van der Waals surface area contributed by atoms with Crippen molar-refractivity contribution in [2.24, 2.45) is 0 Å². The number of hydrogen-bond donors (Lipinski definition) is 1. The second kappa shape index (κ2) is 7.06. The lowest BCUT2D eigenvalue weighted by Gasteiger charge is -2.34. The van der Waals surface area contributed by atoms with Crippen LogP contribution >= 0.6 is 0 Å². The Morgan fingerprint density at radius 3 is 2.27 bits per heavy atom. The van der Waals surface area contributed by atoms with Crippen molar-refractivity contribution in [2.45, 2.75) is 51.0 Å². The van der Waals surface area contributed by atoms with Crippen molar-refractivity contribution in [3.63, 3.8) is 0 Å². The lowest BCUT2D eigenvalue weighted by atomic mass is 10.1. The van der Waals surface area contributed by atoms with Crippen molar-refractivity contribution in [1.82, 2.24) is 9.62 Å². The highest BCUT2D eigenvalue weighted by Crippen LogP contribution is 2.28. The number of hydrogen-bond acceptors (Lipinski definition) is 3. The van der Waals surface area contributed by atoms with Gasteiger partial charge >= 0.3 is 0 Å². The lowest BCUT2D eigenvalue weighted by Crippen LogP contribution is -2.46. The molecule has 1 N–H and O–H groups in total. The van der Waals surface area contributed by atoms with Crippen molar-refractivity contribution < 1.29 is 12.8 Å². The second-order valence-corrected chi connectivity index (χ2v) is 7.79. The maximum Gasteiger partial charge on any atom is 0.243 e. The van der Waals surface area contributed by atoms with E-state index in [9.17, 15) is 12.8 Å². The Balaban J connectivity index is 2.45. The molecule has 1 aromatic rings. The highest BCUT2D eigenvalue weighted by molar-refractivity contribution is 7.89. The maximum absolute atomic E-state index is 13.5. The van der Waals surface area contributed by atoms with E-state index in [1.807, 2.05) is 6.92 Å². The third kappa shape index (κ3) is 3.50. The molecule has 1 aliphatic rings. The van der Waals surface area contributed by atoms with Gasteiger partial charge in [0.25, 0.3) is 0 Å². The highest BCUT2D eigenvalue weighted by atomic mass is 32.2. The van der Waals surface area contributed by atoms with Gasteiger partial charge in [0.2, 0.25) is 10.0 Å². The first-order valence-corrected chi connectivity index (χ1v) is 9.31. The standard InChI is InChI=1S/C16H25FN2O2S/c1-4-9-19(15-5-7-18-8-6-15)22(20,21)16-12(2)10-14(17)11-13(16)3/h10-11,15,18H,4-9H2,1-3H3. The lowest BCUT2D eigenvalue weighted by molar-refractivity contribution is 0.262. The molecule has 0 spiro atoms. The second-order valence-electron chi connectivity index (χ2n) is 5.97. The van der Waals surface area contributed by atoms with Gasteiger partial charge in [0.05, 0.1) is 4.90 Å². The Kier molecular flexibility index (Phi) is 5.58. The molecule has 0 unspecified atom stereocenters. The molecule has 124 valence electrons. The fourth-order valence-electron chi connectivity index (χ4n) is 3.24. The van der Waals surface area contributed by atoms with E-state index in [-0.39, 0.29) is 10.9 Å². The summed E-state index contributed by atoms with van der Waals surface area (Å²) in [5.74, 6) is -0.391. The number of sulfonamides is 1. The SMILES string of the molecule is CCCN(C1CCNCC1)S(=O)(=O)c1c(C)cc(F)cc1C. The minimum absolute atomic E-state index is 0.0232. The van der Waals surface area contributed by atoms with Gasteiger partial charge in [-0.25, -0.2) is 12.8 Å². The van der Waals surface area contributed by atoms with E-state index in [4.69, 9.17) is 0 Å². The number of rotatable bonds is 5. The molecule has 0 aromatic heterocycles. The fourth-order valence-corrected chi connectivity index (χ4v) is 5.43. The van der Waals surface area contributed by atoms with Crippen LogP contribution in [0.3, 0.4) is 0 Å². The molecule has 1 saturated heterocycles. The molecule has 0 saturated carbocycles. The van der Waals surface area contributed by atoms with Crippen LogP contribution in [0.5, 0.6) is 0 Å². The van der Waals surface area contributed by atoms with Gasteiger partial charge in [0, 0.05) is 12.6 Å². The summed E-state index contributed by atoms with van der Waals surface area (Å²) in [5.41, 5.74) is 0.958. The van der Waals surface area contributed by atoms with E-state index in [2.05, 4.69) is 5.32 Å². The zero-order chi connectivity index (χ0) is 16.3. The van der Waals surface area contributed by atoms with Gasteiger partial charge in [-0.15, -0.1) is 0 Å². The topological polar surface area (TPSA) is 49.4 Å². The molecule has 0 aliphatic carbocycles. The first-order chi connectivity index (χ1) is 10.4. The summed E-state index contributed by atoms with van der Waals surface area (Å²) < 4.78 is 41.4. The van der Waals surface area contributed by atoms with Crippen LogP contribution in [0.1, 0.15) is 37.3 Å². The summed E-state index contributed by atoms with van der Waals surface area (Å²) in [7, 11) is -3.60. The summed E-state index contributed by atoms with van der Waals surface area (Å²) in [5, 5.41) is 3.26. The number of aryl methyl sites for hydroxylation is 2. The van der Waals surface area contributed by atoms with Crippen molar-refractivity contribution >= 4 is 10.0 Å². The molecule has 1 fully saturated rings. The fraction of sp³-hybridized carbons (Fsp3) is 0.625.